The normalized spacial score (nSPS) is 11.7. The lowest BCUT2D eigenvalue weighted by molar-refractivity contribution is 0.0985. The number of hydrogen-bond acceptors (Lipinski definition) is 4. The van der Waals surface area contributed by atoms with E-state index in [1.54, 1.807) is 24.3 Å². The van der Waals surface area contributed by atoms with E-state index in [1.165, 1.54) is 24.3 Å². The highest BCUT2D eigenvalue weighted by Gasteiger charge is 2.12. The Bertz CT molecular complexity index is 982. The second-order valence-electron chi connectivity index (χ2n) is 6.57. The fourth-order valence-electron chi connectivity index (χ4n) is 2.94. The van der Waals surface area contributed by atoms with Crippen LogP contribution in [0, 0.1) is 0 Å². The fourth-order valence-corrected chi connectivity index (χ4v) is 2.94. The van der Waals surface area contributed by atoms with Crippen LogP contribution in [0.4, 0.5) is 8.78 Å². The summed E-state index contributed by atoms with van der Waals surface area (Å²) in [5.74, 6) is -0.793. The zero-order valence-electron chi connectivity index (χ0n) is 17.2. The molecule has 0 amide bonds. The molecule has 0 bridgehead atoms. The number of rotatable bonds is 10. The molecular formula is C25H24F2O4. The largest absolute Gasteiger partial charge is 0.491 e. The smallest absolute Gasteiger partial charge is 0.186 e. The zero-order chi connectivity index (χ0) is 22.1. The number of aliphatic hydroxyl groups excluding tert-OH is 1. The van der Waals surface area contributed by atoms with E-state index in [4.69, 9.17) is 19.3 Å². The van der Waals surface area contributed by atoms with Gasteiger partial charge in [-0.1, -0.05) is 36.4 Å². The van der Waals surface area contributed by atoms with Gasteiger partial charge in [-0.05, 0) is 54.4 Å². The van der Waals surface area contributed by atoms with Crippen molar-refractivity contribution in [3.63, 3.8) is 0 Å². The Hall–Kier alpha value is -3.22. The van der Waals surface area contributed by atoms with E-state index in [2.05, 4.69) is 0 Å². The minimum absolute atomic E-state index is 0.0896. The Kier molecular flexibility index (Phi) is 8.15. The van der Waals surface area contributed by atoms with Gasteiger partial charge in [0.25, 0.3) is 0 Å². The second kappa shape index (κ2) is 11.2. The van der Waals surface area contributed by atoms with E-state index in [0.717, 1.165) is 16.9 Å². The molecule has 0 aliphatic rings. The predicted octanol–water partition coefficient (Wildman–Crippen LogP) is 5.86. The minimum Gasteiger partial charge on any atom is -0.491 e. The molecule has 0 aliphatic carbocycles. The standard InChI is InChI=1S/C25H24F2O4/c1-2-29-15-16-30-22-11-7-19(8-12-22)18-3-5-20(6-4-18)24(26)25(27)21-9-13-23(14-10-21)31-17-28/h3-14,28H,2,15-17H2,1H3/b25-24+. The quantitative estimate of drug-likeness (QED) is 0.251. The van der Waals surface area contributed by atoms with Gasteiger partial charge in [0.15, 0.2) is 18.4 Å². The maximum atomic E-state index is 14.6. The van der Waals surface area contributed by atoms with Crippen molar-refractivity contribution in [3.05, 3.63) is 83.9 Å². The molecule has 4 nitrogen and oxygen atoms in total. The predicted molar refractivity (Wildman–Crippen MR) is 117 cm³/mol. The number of benzene rings is 3. The van der Waals surface area contributed by atoms with Crippen LogP contribution >= 0.6 is 0 Å². The van der Waals surface area contributed by atoms with Crippen molar-refractivity contribution in [2.45, 2.75) is 6.92 Å². The monoisotopic (exact) mass is 426 g/mol. The van der Waals surface area contributed by atoms with Crippen LogP contribution in [0.2, 0.25) is 0 Å². The van der Waals surface area contributed by atoms with E-state index in [-0.39, 0.29) is 11.1 Å². The van der Waals surface area contributed by atoms with Crippen molar-refractivity contribution in [3.8, 4) is 22.6 Å². The third-order valence-electron chi connectivity index (χ3n) is 4.56. The zero-order valence-corrected chi connectivity index (χ0v) is 17.2. The van der Waals surface area contributed by atoms with Crippen LogP contribution in [0.5, 0.6) is 11.5 Å². The Morgan fingerprint density at radius 1 is 0.677 bits per heavy atom. The van der Waals surface area contributed by atoms with Crippen LogP contribution in [-0.2, 0) is 4.74 Å². The van der Waals surface area contributed by atoms with E-state index < -0.39 is 18.4 Å². The van der Waals surface area contributed by atoms with Crippen molar-refractivity contribution < 1.29 is 28.1 Å². The molecule has 0 radical (unpaired) electrons. The third-order valence-corrected chi connectivity index (χ3v) is 4.56. The van der Waals surface area contributed by atoms with E-state index in [1.807, 2.05) is 31.2 Å². The fraction of sp³-hybridized carbons (Fsp3) is 0.200. The van der Waals surface area contributed by atoms with E-state index >= 15 is 0 Å². The molecule has 0 unspecified atom stereocenters. The third kappa shape index (κ3) is 6.13. The summed E-state index contributed by atoms with van der Waals surface area (Å²) in [4.78, 5) is 0. The van der Waals surface area contributed by atoms with Crippen molar-refractivity contribution in [2.24, 2.45) is 0 Å². The summed E-state index contributed by atoms with van der Waals surface area (Å²) in [5, 5.41) is 8.73. The van der Waals surface area contributed by atoms with Gasteiger partial charge >= 0.3 is 0 Å². The Morgan fingerprint density at radius 3 is 1.65 bits per heavy atom. The summed E-state index contributed by atoms with van der Waals surface area (Å²) in [5.41, 5.74) is 2.05. The molecule has 0 spiro atoms. The van der Waals surface area contributed by atoms with Crippen molar-refractivity contribution in [1.29, 1.82) is 0 Å². The molecule has 0 fully saturated rings. The molecule has 1 N–H and O–H groups in total. The van der Waals surface area contributed by atoms with Crippen LogP contribution in [-0.4, -0.2) is 31.7 Å². The highest BCUT2D eigenvalue weighted by Crippen LogP contribution is 2.31. The molecule has 3 aromatic carbocycles. The summed E-state index contributed by atoms with van der Waals surface area (Å²) in [7, 11) is 0. The molecule has 0 aliphatic heterocycles. The first kappa shape index (κ1) is 22.5. The average molecular weight is 426 g/mol. The summed E-state index contributed by atoms with van der Waals surface area (Å²) in [6.45, 7) is 3.13. The molecule has 3 rings (SSSR count). The molecular weight excluding hydrogens is 402 g/mol. The molecule has 6 heteroatoms. The number of halogens is 2. The highest BCUT2D eigenvalue weighted by molar-refractivity contribution is 5.83. The minimum atomic E-state index is -0.961. The summed E-state index contributed by atoms with van der Waals surface area (Å²) in [6.07, 6.45) is 0. The van der Waals surface area contributed by atoms with Gasteiger partial charge in [-0.15, -0.1) is 0 Å². The molecule has 0 saturated heterocycles. The number of aliphatic hydroxyl groups is 1. The van der Waals surface area contributed by atoms with Gasteiger partial charge in [-0.2, -0.15) is 0 Å². The van der Waals surface area contributed by atoms with E-state index in [0.29, 0.717) is 25.6 Å². The van der Waals surface area contributed by atoms with Crippen LogP contribution in [0.1, 0.15) is 18.1 Å². The van der Waals surface area contributed by atoms with Crippen molar-refractivity contribution in [1.82, 2.24) is 0 Å². The van der Waals surface area contributed by atoms with Gasteiger partial charge in [-0.25, -0.2) is 8.78 Å². The second-order valence-corrected chi connectivity index (χ2v) is 6.57. The van der Waals surface area contributed by atoms with Crippen LogP contribution in [0.3, 0.4) is 0 Å². The first-order chi connectivity index (χ1) is 15.1. The summed E-state index contributed by atoms with van der Waals surface area (Å²) in [6, 6.07) is 19.8. The van der Waals surface area contributed by atoms with Crippen molar-refractivity contribution >= 4 is 11.7 Å². The van der Waals surface area contributed by atoms with Gasteiger partial charge in [0.05, 0.1) is 6.61 Å². The van der Waals surface area contributed by atoms with Gasteiger partial charge < -0.3 is 19.3 Å². The van der Waals surface area contributed by atoms with Crippen LogP contribution < -0.4 is 9.47 Å². The van der Waals surface area contributed by atoms with Gasteiger partial charge in [0.1, 0.15) is 18.1 Å². The molecule has 3 aromatic rings. The lowest BCUT2D eigenvalue weighted by atomic mass is 10.0. The lowest BCUT2D eigenvalue weighted by Crippen LogP contribution is -2.06. The lowest BCUT2D eigenvalue weighted by Gasteiger charge is -2.08. The van der Waals surface area contributed by atoms with Crippen molar-refractivity contribution in [2.75, 3.05) is 26.6 Å². The van der Waals surface area contributed by atoms with Gasteiger partial charge in [-0.3, -0.25) is 0 Å². The summed E-state index contributed by atoms with van der Waals surface area (Å²) >= 11 is 0. The number of ether oxygens (including phenoxy) is 3. The molecule has 0 heterocycles. The molecule has 0 aromatic heterocycles. The molecule has 0 atom stereocenters. The Morgan fingerprint density at radius 2 is 1.13 bits per heavy atom. The Labute approximate surface area is 180 Å². The van der Waals surface area contributed by atoms with Crippen LogP contribution in [0.25, 0.3) is 22.8 Å². The highest BCUT2D eigenvalue weighted by atomic mass is 19.2. The van der Waals surface area contributed by atoms with E-state index in [9.17, 15) is 8.78 Å². The maximum absolute atomic E-state index is 14.6. The Balaban J connectivity index is 1.69. The SMILES string of the molecule is CCOCCOc1ccc(-c2ccc(/C(F)=C(\F)c3ccc(OCO)cc3)cc2)cc1. The van der Waals surface area contributed by atoms with Crippen LogP contribution in [0.15, 0.2) is 72.8 Å². The maximum Gasteiger partial charge on any atom is 0.186 e. The first-order valence-corrected chi connectivity index (χ1v) is 9.93. The topological polar surface area (TPSA) is 47.9 Å². The molecule has 31 heavy (non-hydrogen) atoms. The summed E-state index contributed by atoms with van der Waals surface area (Å²) < 4.78 is 44.9. The average Bonchev–Trinajstić information content (AvgIpc) is 2.82. The van der Waals surface area contributed by atoms with Gasteiger partial charge in [0.2, 0.25) is 0 Å². The first-order valence-electron chi connectivity index (χ1n) is 9.93. The van der Waals surface area contributed by atoms with Gasteiger partial charge in [0, 0.05) is 17.7 Å². The number of hydrogen-bond donors (Lipinski definition) is 1. The molecule has 0 saturated carbocycles. The molecule has 162 valence electrons.